The summed E-state index contributed by atoms with van der Waals surface area (Å²) in [4.78, 5) is 36.4. The van der Waals surface area contributed by atoms with E-state index in [4.69, 9.17) is 9.84 Å². The van der Waals surface area contributed by atoms with Gasteiger partial charge in [-0.3, -0.25) is 9.59 Å². The van der Waals surface area contributed by atoms with Crippen molar-refractivity contribution in [3.8, 4) is 11.1 Å². The molecule has 2 aromatic rings. The number of aliphatic carboxylic acids is 1. The molecule has 7 nitrogen and oxygen atoms in total. The maximum absolute atomic E-state index is 12.8. The van der Waals surface area contributed by atoms with Gasteiger partial charge in [0.1, 0.15) is 12.6 Å². The molecular weight excluding hydrogens is 432 g/mol. The zero-order valence-corrected chi connectivity index (χ0v) is 20.3. The van der Waals surface area contributed by atoms with Crippen molar-refractivity contribution in [2.24, 2.45) is 11.3 Å². The zero-order chi connectivity index (χ0) is 24.9. The molecule has 2 amide bonds. The predicted molar refractivity (Wildman–Crippen MR) is 130 cm³/mol. The number of nitrogens with one attached hydrogen (secondary N) is 2. The zero-order valence-electron chi connectivity index (χ0n) is 20.3. The molecule has 0 aromatic heterocycles. The van der Waals surface area contributed by atoms with E-state index in [2.05, 4.69) is 34.9 Å². The van der Waals surface area contributed by atoms with E-state index in [1.165, 1.54) is 0 Å². The van der Waals surface area contributed by atoms with E-state index in [-0.39, 0.29) is 18.4 Å². The van der Waals surface area contributed by atoms with Crippen LogP contribution in [0.15, 0.2) is 48.5 Å². The Hall–Kier alpha value is -3.35. The Labute approximate surface area is 200 Å². The van der Waals surface area contributed by atoms with Gasteiger partial charge in [-0.1, -0.05) is 76.2 Å². The van der Waals surface area contributed by atoms with Crippen molar-refractivity contribution in [1.29, 1.82) is 0 Å². The minimum Gasteiger partial charge on any atom is -0.481 e. The fourth-order valence-electron chi connectivity index (χ4n) is 4.28. The van der Waals surface area contributed by atoms with Crippen molar-refractivity contribution in [2.45, 2.75) is 52.5 Å². The third kappa shape index (κ3) is 5.95. The Morgan fingerprint density at radius 2 is 1.56 bits per heavy atom. The average molecular weight is 467 g/mol. The van der Waals surface area contributed by atoms with Crippen LogP contribution in [-0.2, 0) is 14.3 Å². The smallest absolute Gasteiger partial charge is 0.407 e. The second kappa shape index (κ2) is 10.7. The van der Waals surface area contributed by atoms with Gasteiger partial charge in [-0.15, -0.1) is 0 Å². The van der Waals surface area contributed by atoms with Crippen molar-refractivity contribution in [3.05, 3.63) is 59.7 Å². The van der Waals surface area contributed by atoms with E-state index in [1.807, 2.05) is 45.0 Å². The molecule has 0 saturated carbocycles. The molecular formula is C27H34N2O5. The topological polar surface area (TPSA) is 105 Å². The molecule has 1 aliphatic carbocycles. The number of hydrogen-bond acceptors (Lipinski definition) is 4. The molecule has 7 heteroatoms. The van der Waals surface area contributed by atoms with Gasteiger partial charge in [0.25, 0.3) is 0 Å². The largest absolute Gasteiger partial charge is 0.481 e. The SMILES string of the molecule is CC(CCCNC(=O)C(NC(=O)OCC1c2ccccc2-c2ccccc21)C(C)(C)C)C(=O)O. The molecule has 2 unspecified atom stereocenters. The van der Waals surface area contributed by atoms with Crippen molar-refractivity contribution >= 4 is 18.0 Å². The van der Waals surface area contributed by atoms with E-state index >= 15 is 0 Å². The standard InChI is InChI=1S/C27H34N2O5/c1-17(25(31)32)10-9-15-28-24(30)23(27(2,3)4)29-26(33)34-16-22-20-13-7-5-11-18(20)19-12-6-8-14-21(19)22/h5-8,11-14,17,22-23H,9-10,15-16H2,1-4H3,(H,28,30)(H,29,33)(H,31,32). The van der Waals surface area contributed by atoms with Crippen LogP contribution in [0, 0.1) is 11.3 Å². The fraction of sp³-hybridized carbons (Fsp3) is 0.444. The number of fused-ring (bicyclic) bond motifs is 3. The van der Waals surface area contributed by atoms with Gasteiger partial charge in [0.05, 0.1) is 5.92 Å². The molecule has 2 atom stereocenters. The molecule has 0 aliphatic heterocycles. The molecule has 182 valence electrons. The molecule has 0 saturated heterocycles. The maximum atomic E-state index is 12.8. The van der Waals surface area contributed by atoms with Crippen LogP contribution in [0.1, 0.15) is 57.6 Å². The van der Waals surface area contributed by atoms with Gasteiger partial charge in [-0.25, -0.2) is 4.79 Å². The summed E-state index contributed by atoms with van der Waals surface area (Å²) in [7, 11) is 0. The Balaban J connectivity index is 1.58. The highest BCUT2D eigenvalue weighted by Gasteiger charge is 2.34. The number of rotatable bonds is 9. The number of carbonyl (C=O) groups is 3. The molecule has 0 bridgehead atoms. The number of carbonyl (C=O) groups excluding carboxylic acids is 2. The summed E-state index contributed by atoms with van der Waals surface area (Å²) in [6, 6.07) is 15.4. The number of carboxylic acid groups (broad SMARTS) is 1. The molecule has 2 aromatic carbocycles. The van der Waals surface area contributed by atoms with Gasteiger partial charge in [0.2, 0.25) is 5.91 Å². The molecule has 34 heavy (non-hydrogen) atoms. The molecule has 3 rings (SSSR count). The summed E-state index contributed by atoms with van der Waals surface area (Å²) in [6.07, 6.45) is 0.368. The van der Waals surface area contributed by atoms with Gasteiger partial charge < -0.3 is 20.5 Å². The highest BCUT2D eigenvalue weighted by molar-refractivity contribution is 5.86. The first-order valence-electron chi connectivity index (χ1n) is 11.7. The quantitative estimate of drug-likeness (QED) is 0.470. The molecule has 0 heterocycles. The Morgan fingerprint density at radius 1 is 1.00 bits per heavy atom. The maximum Gasteiger partial charge on any atom is 0.407 e. The highest BCUT2D eigenvalue weighted by Crippen LogP contribution is 2.44. The summed E-state index contributed by atoms with van der Waals surface area (Å²) < 4.78 is 5.60. The molecule has 0 spiro atoms. The first-order chi connectivity index (χ1) is 16.1. The third-order valence-electron chi connectivity index (χ3n) is 6.27. The second-order valence-electron chi connectivity index (χ2n) is 9.94. The fourth-order valence-corrected chi connectivity index (χ4v) is 4.28. The van der Waals surface area contributed by atoms with Crippen molar-refractivity contribution in [2.75, 3.05) is 13.2 Å². The van der Waals surface area contributed by atoms with Gasteiger partial charge in [-0.2, -0.15) is 0 Å². The number of ether oxygens (including phenoxy) is 1. The normalized spacial score (nSPS) is 14.5. The first-order valence-corrected chi connectivity index (χ1v) is 11.7. The lowest BCUT2D eigenvalue weighted by atomic mass is 9.86. The lowest BCUT2D eigenvalue weighted by molar-refractivity contribution is -0.141. The van der Waals surface area contributed by atoms with Gasteiger partial charge >= 0.3 is 12.1 Å². The van der Waals surface area contributed by atoms with Crippen LogP contribution in [0.3, 0.4) is 0 Å². The minimum atomic E-state index is -0.851. The summed E-state index contributed by atoms with van der Waals surface area (Å²) in [6.45, 7) is 7.76. The van der Waals surface area contributed by atoms with Crippen LogP contribution < -0.4 is 10.6 Å². The van der Waals surface area contributed by atoms with Gasteiger partial charge in [0, 0.05) is 12.5 Å². The summed E-state index contributed by atoms with van der Waals surface area (Å²) in [5.74, 6) is -1.69. The van der Waals surface area contributed by atoms with Crippen LogP contribution >= 0.6 is 0 Å². The van der Waals surface area contributed by atoms with Crippen LogP contribution in [0.25, 0.3) is 11.1 Å². The Bertz CT molecular complexity index is 998. The summed E-state index contributed by atoms with van der Waals surface area (Å²) in [5.41, 5.74) is 4.01. The summed E-state index contributed by atoms with van der Waals surface area (Å²) in [5, 5.41) is 14.5. The Morgan fingerprint density at radius 3 is 2.09 bits per heavy atom. The van der Waals surface area contributed by atoms with Crippen molar-refractivity contribution < 1.29 is 24.2 Å². The summed E-state index contributed by atoms with van der Waals surface area (Å²) >= 11 is 0. The number of hydrogen-bond donors (Lipinski definition) is 3. The predicted octanol–water partition coefficient (Wildman–Crippen LogP) is 4.56. The average Bonchev–Trinajstić information content (AvgIpc) is 3.11. The van der Waals surface area contributed by atoms with E-state index in [9.17, 15) is 14.4 Å². The lowest BCUT2D eigenvalue weighted by Gasteiger charge is -2.30. The van der Waals surface area contributed by atoms with Gasteiger partial charge in [-0.05, 0) is 40.5 Å². The van der Waals surface area contributed by atoms with Crippen LogP contribution in [-0.4, -0.2) is 42.3 Å². The monoisotopic (exact) mass is 466 g/mol. The number of benzene rings is 2. The van der Waals surface area contributed by atoms with E-state index in [1.54, 1.807) is 6.92 Å². The Kier molecular flexibility index (Phi) is 7.97. The highest BCUT2D eigenvalue weighted by atomic mass is 16.5. The number of carboxylic acids is 1. The van der Waals surface area contributed by atoms with E-state index < -0.39 is 29.4 Å². The number of amides is 2. The first kappa shape index (κ1) is 25.3. The minimum absolute atomic E-state index is 0.0590. The molecule has 0 fully saturated rings. The lowest BCUT2D eigenvalue weighted by Crippen LogP contribution is -2.54. The van der Waals surface area contributed by atoms with Crippen molar-refractivity contribution in [3.63, 3.8) is 0 Å². The molecule has 1 aliphatic rings. The molecule has 0 radical (unpaired) electrons. The molecule has 3 N–H and O–H groups in total. The van der Waals surface area contributed by atoms with Crippen LogP contribution in [0.5, 0.6) is 0 Å². The van der Waals surface area contributed by atoms with E-state index in [0.717, 1.165) is 22.3 Å². The van der Waals surface area contributed by atoms with Gasteiger partial charge in [0.15, 0.2) is 0 Å². The van der Waals surface area contributed by atoms with Crippen LogP contribution in [0.2, 0.25) is 0 Å². The van der Waals surface area contributed by atoms with Crippen LogP contribution in [0.4, 0.5) is 4.79 Å². The number of alkyl carbamates (subject to hydrolysis) is 1. The van der Waals surface area contributed by atoms with Crippen molar-refractivity contribution in [1.82, 2.24) is 10.6 Å². The third-order valence-corrected chi connectivity index (χ3v) is 6.27. The second-order valence-corrected chi connectivity index (χ2v) is 9.94. The van der Waals surface area contributed by atoms with E-state index in [0.29, 0.717) is 19.4 Å².